The summed E-state index contributed by atoms with van der Waals surface area (Å²) >= 11 is 4.63. The molecule has 0 atom stereocenters. The molecule has 0 radical (unpaired) electrons. The maximum absolute atomic E-state index is 4.63. The Morgan fingerprint density at radius 1 is 0.714 bits per heavy atom. The second kappa shape index (κ2) is 11.4. The summed E-state index contributed by atoms with van der Waals surface area (Å²) in [5.41, 5.74) is 0. The van der Waals surface area contributed by atoms with E-state index in [2.05, 4.69) is 26.5 Å². The summed E-state index contributed by atoms with van der Waals surface area (Å²) in [6.45, 7) is 4.53. The summed E-state index contributed by atoms with van der Waals surface area (Å²) in [4.78, 5) is 0. The van der Waals surface area contributed by atoms with E-state index in [4.69, 9.17) is 0 Å². The SMILES string of the molecule is CCCCCCC(S)CCCCCC. The van der Waals surface area contributed by atoms with Gasteiger partial charge in [0.1, 0.15) is 0 Å². The molecule has 86 valence electrons. The smallest absolute Gasteiger partial charge is 0.00168 e. The highest BCUT2D eigenvalue weighted by molar-refractivity contribution is 7.80. The molecule has 0 saturated heterocycles. The van der Waals surface area contributed by atoms with Gasteiger partial charge < -0.3 is 0 Å². The maximum Gasteiger partial charge on any atom is 0.00168 e. The monoisotopic (exact) mass is 216 g/mol. The highest BCUT2D eigenvalue weighted by Gasteiger charge is 2.01. The largest absolute Gasteiger partial charge is 0.176 e. The number of rotatable bonds is 10. The first kappa shape index (κ1) is 14.3. The molecule has 14 heavy (non-hydrogen) atoms. The van der Waals surface area contributed by atoms with Crippen molar-refractivity contribution in [1.29, 1.82) is 0 Å². The van der Waals surface area contributed by atoms with E-state index in [1.165, 1.54) is 64.2 Å². The third kappa shape index (κ3) is 10.4. The van der Waals surface area contributed by atoms with Gasteiger partial charge in [0.05, 0.1) is 0 Å². The Kier molecular flexibility index (Phi) is 11.7. The summed E-state index contributed by atoms with van der Waals surface area (Å²) in [6.07, 6.45) is 13.7. The minimum Gasteiger partial charge on any atom is -0.176 e. The lowest BCUT2D eigenvalue weighted by Crippen LogP contribution is -1.98. The predicted molar refractivity (Wildman–Crippen MR) is 70.3 cm³/mol. The molecule has 0 N–H and O–H groups in total. The zero-order chi connectivity index (χ0) is 10.6. The second-order valence-electron chi connectivity index (χ2n) is 4.35. The van der Waals surface area contributed by atoms with Gasteiger partial charge in [-0.25, -0.2) is 0 Å². The van der Waals surface area contributed by atoms with Crippen LogP contribution in [0.1, 0.15) is 78.1 Å². The van der Waals surface area contributed by atoms with E-state index in [9.17, 15) is 0 Å². The summed E-state index contributed by atoms with van der Waals surface area (Å²) in [6, 6.07) is 0. The molecule has 0 aromatic heterocycles. The highest BCUT2D eigenvalue weighted by atomic mass is 32.1. The van der Waals surface area contributed by atoms with Gasteiger partial charge in [0.25, 0.3) is 0 Å². The molecule has 0 rings (SSSR count). The summed E-state index contributed by atoms with van der Waals surface area (Å²) in [5.74, 6) is 0. The van der Waals surface area contributed by atoms with Crippen molar-refractivity contribution in [2.24, 2.45) is 0 Å². The molecule has 0 aliphatic carbocycles. The van der Waals surface area contributed by atoms with Gasteiger partial charge in [0.2, 0.25) is 0 Å². The lowest BCUT2D eigenvalue weighted by atomic mass is 10.1. The minimum absolute atomic E-state index is 0.670. The van der Waals surface area contributed by atoms with E-state index in [1.807, 2.05) is 0 Å². The fourth-order valence-corrected chi connectivity index (χ4v) is 2.12. The average molecular weight is 216 g/mol. The Bertz CT molecular complexity index is 89.4. The van der Waals surface area contributed by atoms with Crippen molar-refractivity contribution < 1.29 is 0 Å². The van der Waals surface area contributed by atoms with Gasteiger partial charge in [-0.1, -0.05) is 65.2 Å². The number of unbranched alkanes of at least 4 members (excludes halogenated alkanes) is 6. The molecule has 0 bridgehead atoms. The number of hydrogen-bond acceptors (Lipinski definition) is 1. The molecule has 0 heterocycles. The van der Waals surface area contributed by atoms with E-state index in [-0.39, 0.29) is 0 Å². The molecule has 1 heteroatoms. The van der Waals surface area contributed by atoms with Crippen LogP contribution in [0.15, 0.2) is 0 Å². The molecule has 0 nitrogen and oxygen atoms in total. The molecule has 0 aliphatic heterocycles. The Morgan fingerprint density at radius 2 is 1.14 bits per heavy atom. The Labute approximate surface area is 96.3 Å². The summed E-state index contributed by atoms with van der Waals surface area (Å²) in [7, 11) is 0. The standard InChI is InChI=1S/C13H28S/c1-3-5-7-9-11-13(14)12-10-8-6-4-2/h13-14H,3-12H2,1-2H3. The van der Waals surface area contributed by atoms with Crippen LogP contribution in [0.25, 0.3) is 0 Å². The van der Waals surface area contributed by atoms with Gasteiger partial charge in [-0.15, -0.1) is 0 Å². The van der Waals surface area contributed by atoms with Crippen LogP contribution in [-0.2, 0) is 0 Å². The van der Waals surface area contributed by atoms with Crippen molar-refractivity contribution >= 4 is 12.6 Å². The van der Waals surface area contributed by atoms with Crippen molar-refractivity contribution in [1.82, 2.24) is 0 Å². The van der Waals surface area contributed by atoms with Gasteiger partial charge in [-0.2, -0.15) is 12.6 Å². The Balaban J connectivity index is 3.07. The first-order valence-corrected chi connectivity index (χ1v) is 7.01. The van der Waals surface area contributed by atoms with Gasteiger partial charge >= 0.3 is 0 Å². The van der Waals surface area contributed by atoms with Crippen LogP contribution in [0.5, 0.6) is 0 Å². The van der Waals surface area contributed by atoms with E-state index in [0.717, 1.165) is 0 Å². The van der Waals surface area contributed by atoms with Gasteiger partial charge in [-0.05, 0) is 12.8 Å². The molecule has 0 fully saturated rings. The van der Waals surface area contributed by atoms with Crippen molar-refractivity contribution in [3.05, 3.63) is 0 Å². The van der Waals surface area contributed by atoms with E-state index < -0.39 is 0 Å². The molecular weight excluding hydrogens is 188 g/mol. The molecular formula is C13H28S. The Morgan fingerprint density at radius 3 is 1.50 bits per heavy atom. The zero-order valence-corrected chi connectivity index (χ0v) is 11.0. The zero-order valence-electron chi connectivity index (χ0n) is 10.1. The topological polar surface area (TPSA) is 0 Å². The molecule has 0 spiro atoms. The molecule has 0 aromatic carbocycles. The van der Waals surface area contributed by atoms with Crippen LogP contribution in [0.4, 0.5) is 0 Å². The summed E-state index contributed by atoms with van der Waals surface area (Å²) < 4.78 is 0. The van der Waals surface area contributed by atoms with Crippen molar-refractivity contribution in [2.45, 2.75) is 83.3 Å². The summed E-state index contributed by atoms with van der Waals surface area (Å²) in [5, 5.41) is 0.670. The van der Waals surface area contributed by atoms with Crippen LogP contribution in [0.2, 0.25) is 0 Å². The van der Waals surface area contributed by atoms with Crippen molar-refractivity contribution in [3.8, 4) is 0 Å². The van der Waals surface area contributed by atoms with Gasteiger partial charge in [0, 0.05) is 5.25 Å². The first-order chi connectivity index (χ1) is 6.81. The van der Waals surface area contributed by atoms with Crippen LogP contribution in [-0.4, -0.2) is 5.25 Å². The second-order valence-corrected chi connectivity index (χ2v) is 5.08. The van der Waals surface area contributed by atoms with E-state index in [0.29, 0.717) is 5.25 Å². The van der Waals surface area contributed by atoms with E-state index >= 15 is 0 Å². The van der Waals surface area contributed by atoms with Crippen LogP contribution in [0, 0.1) is 0 Å². The van der Waals surface area contributed by atoms with Crippen LogP contribution < -0.4 is 0 Å². The normalized spacial score (nSPS) is 11.1. The highest BCUT2D eigenvalue weighted by Crippen LogP contribution is 2.16. The quantitative estimate of drug-likeness (QED) is 0.375. The van der Waals surface area contributed by atoms with Gasteiger partial charge in [-0.3, -0.25) is 0 Å². The Hall–Kier alpha value is 0.350. The molecule has 0 unspecified atom stereocenters. The number of hydrogen-bond donors (Lipinski definition) is 1. The average Bonchev–Trinajstić information content (AvgIpc) is 2.19. The van der Waals surface area contributed by atoms with Gasteiger partial charge in [0.15, 0.2) is 0 Å². The van der Waals surface area contributed by atoms with Crippen molar-refractivity contribution in [2.75, 3.05) is 0 Å². The molecule has 0 aromatic rings. The van der Waals surface area contributed by atoms with Crippen LogP contribution >= 0.6 is 12.6 Å². The molecule has 0 amide bonds. The number of thiol groups is 1. The van der Waals surface area contributed by atoms with Crippen LogP contribution in [0.3, 0.4) is 0 Å². The maximum atomic E-state index is 4.63. The molecule has 0 aliphatic rings. The first-order valence-electron chi connectivity index (χ1n) is 6.49. The molecule has 0 saturated carbocycles. The third-order valence-corrected chi connectivity index (χ3v) is 3.30. The fraction of sp³-hybridized carbons (Fsp3) is 1.00. The van der Waals surface area contributed by atoms with E-state index in [1.54, 1.807) is 0 Å². The fourth-order valence-electron chi connectivity index (χ4n) is 1.76. The third-order valence-electron chi connectivity index (χ3n) is 2.78. The lowest BCUT2D eigenvalue weighted by molar-refractivity contribution is 0.566. The lowest BCUT2D eigenvalue weighted by Gasteiger charge is -2.09. The predicted octanol–water partition coefficient (Wildman–Crippen LogP) is 5.23. The van der Waals surface area contributed by atoms with Crippen molar-refractivity contribution in [3.63, 3.8) is 0 Å². The minimum atomic E-state index is 0.670.